The molecule has 1 aromatic heterocycles. The van der Waals surface area contributed by atoms with Crippen molar-refractivity contribution in [2.45, 2.75) is 0 Å². The van der Waals surface area contributed by atoms with E-state index in [2.05, 4.69) is 4.98 Å². The number of hydrogen-bond donors (Lipinski definition) is 1. The summed E-state index contributed by atoms with van der Waals surface area (Å²) in [6.45, 7) is 0. The van der Waals surface area contributed by atoms with E-state index in [1.165, 1.54) is 18.5 Å². The van der Waals surface area contributed by atoms with Crippen molar-refractivity contribution in [3.05, 3.63) is 30.1 Å². The number of carboxylic acid groups (broad SMARTS) is 1. The van der Waals surface area contributed by atoms with Crippen LogP contribution in [0.2, 0.25) is 0 Å². The minimum absolute atomic E-state index is 0.220. The minimum Gasteiger partial charge on any atom is -0.759 e. The van der Waals surface area contributed by atoms with Crippen LogP contribution in [0.25, 0.3) is 0 Å². The smallest absolute Gasteiger partial charge is 0.337 e. The molecule has 7 nitrogen and oxygen atoms in total. The molecule has 1 heterocycles. The lowest BCUT2D eigenvalue weighted by Gasteiger charge is -2.06. The van der Waals surface area contributed by atoms with E-state index in [1.54, 1.807) is 6.07 Å². The minimum atomic E-state index is -5.17. The first-order valence-corrected chi connectivity index (χ1v) is 4.44. The highest BCUT2D eigenvalue weighted by molar-refractivity contribution is 7.79. The molecule has 1 aromatic rings. The monoisotopic (exact) mass is 219 g/mol. The van der Waals surface area contributed by atoms with Gasteiger partial charge in [0.05, 0.1) is 5.56 Å². The van der Waals surface area contributed by atoms with Crippen LogP contribution in [-0.4, -0.2) is 33.6 Å². The van der Waals surface area contributed by atoms with Crippen LogP contribution in [0.5, 0.6) is 0 Å². The fourth-order valence-corrected chi connectivity index (χ4v) is 0.489. The second-order valence-corrected chi connectivity index (χ2v) is 2.77. The fraction of sp³-hybridized carbons (Fsp3) is 0. The summed E-state index contributed by atoms with van der Waals surface area (Å²) in [5, 5.41) is 8.34. The molecule has 0 fully saturated rings. The van der Waals surface area contributed by atoms with E-state index in [4.69, 9.17) is 22.6 Å². The second-order valence-electron chi connectivity index (χ2n) is 1.96. The summed E-state index contributed by atoms with van der Waals surface area (Å²) in [4.78, 5) is 13.8. The number of aromatic nitrogens is 1. The van der Waals surface area contributed by atoms with Crippen LogP contribution in [0.3, 0.4) is 0 Å². The predicted octanol–water partition coefficient (Wildman–Crippen LogP) is -0.558. The van der Waals surface area contributed by atoms with Gasteiger partial charge >= 0.3 is 5.97 Å². The number of pyridine rings is 1. The largest absolute Gasteiger partial charge is 0.759 e. The molecule has 0 saturated carbocycles. The van der Waals surface area contributed by atoms with Crippen molar-refractivity contribution in [3.63, 3.8) is 0 Å². The van der Waals surface area contributed by atoms with E-state index in [-0.39, 0.29) is 5.56 Å². The maximum absolute atomic E-state index is 10.2. The van der Waals surface area contributed by atoms with Gasteiger partial charge in [0, 0.05) is 22.8 Å². The zero-order chi connectivity index (χ0) is 11.2. The van der Waals surface area contributed by atoms with Gasteiger partial charge in [0.15, 0.2) is 0 Å². The quantitative estimate of drug-likeness (QED) is 0.494. The maximum Gasteiger partial charge on any atom is 0.337 e. The Labute approximate surface area is 79.6 Å². The van der Waals surface area contributed by atoms with Crippen LogP contribution in [0.1, 0.15) is 10.4 Å². The number of rotatable bonds is 1. The molecular formula is C6H5NO6S-2. The molecule has 0 aromatic carbocycles. The van der Waals surface area contributed by atoms with Gasteiger partial charge in [-0.3, -0.25) is 13.4 Å². The van der Waals surface area contributed by atoms with E-state index in [0.29, 0.717) is 0 Å². The third kappa shape index (κ3) is 8.59. The van der Waals surface area contributed by atoms with Crippen LogP contribution in [0.15, 0.2) is 24.5 Å². The first kappa shape index (κ1) is 12.5. The van der Waals surface area contributed by atoms with Gasteiger partial charge in [-0.15, -0.1) is 0 Å². The van der Waals surface area contributed by atoms with Crippen molar-refractivity contribution in [2.75, 3.05) is 0 Å². The summed E-state index contributed by atoms with van der Waals surface area (Å²) in [5.41, 5.74) is 0.220. The summed E-state index contributed by atoms with van der Waals surface area (Å²) in [5.74, 6) is -0.942. The number of carboxylic acids is 1. The number of carbonyl (C=O) groups is 1. The Morgan fingerprint density at radius 1 is 1.43 bits per heavy atom. The van der Waals surface area contributed by atoms with Gasteiger partial charge in [0.1, 0.15) is 0 Å². The van der Waals surface area contributed by atoms with Crippen LogP contribution in [0.4, 0.5) is 0 Å². The van der Waals surface area contributed by atoms with E-state index in [0.717, 1.165) is 0 Å². The van der Waals surface area contributed by atoms with E-state index >= 15 is 0 Å². The average molecular weight is 219 g/mol. The molecule has 14 heavy (non-hydrogen) atoms. The first-order chi connectivity index (χ1) is 6.30. The van der Waals surface area contributed by atoms with E-state index in [9.17, 15) is 4.79 Å². The molecule has 0 radical (unpaired) electrons. The van der Waals surface area contributed by atoms with Gasteiger partial charge in [-0.2, -0.15) is 0 Å². The zero-order valence-electron chi connectivity index (χ0n) is 6.65. The SMILES string of the molecule is O=C(O)c1cccnc1.O=S(=O)([O-])[O-]. The summed E-state index contributed by atoms with van der Waals surface area (Å²) in [7, 11) is -5.17. The van der Waals surface area contributed by atoms with E-state index < -0.39 is 16.4 Å². The lowest BCUT2D eigenvalue weighted by atomic mass is 10.3. The van der Waals surface area contributed by atoms with Crippen molar-refractivity contribution >= 4 is 16.4 Å². The van der Waals surface area contributed by atoms with Gasteiger partial charge in [0.25, 0.3) is 0 Å². The van der Waals surface area contributed by atoms with E-state index in [1.807, 2.05) is 0 Å². The molecule has 8 heteroatoms. The molecule has 0 aliphatic rings. The molecule has 0 unspecified atom stereocenters. The molecule has 0 amide bonds. The Hall–Kier alpha value is -1.51. The lowest BCUT2D eigenvalue weighted by Crippen LogP contribution is -1.94. The Morgan fingerprint density at radius 2 is 1.93 bits per heavy atom. The third-order valence-corrected chi connectivity index (χ3v) is 0.908. The van der Waals surface area contributed by atoms with Crippen molar-refractivity contribution in [1.82, 2.24) is 4.98 Å². The topological polar surface area (TPSA) is 130 Å². The molecule has 1 rings (SSSR count). The maximum atomic E-state index is 10.2. The summed E-state index contributed by atoms with van der Waals surface area (Å²) < 4.78 is 34.1. The number of aromatic carboxylic acids is 1. The normalized spacial score (nSPS) is 9.86. The number of nitrogens with zero attached hydrogens (tertiary/aromatic N) is 1. The highest BCUT2D eigenvalue weighted by atomic mass is 32.3. The Bertz CT molecular complexity index is 378. The van der Waals surface area contributed by atoms with Crippen molar-refractivity contribution in [2.24, 2.45) is 0 Å². The first-order valence-electron chi connectivity index (χ1n) is 3.10. The van der Waals surface area contributed by atoms with Crippen molar-refractivity contribution in [3.8, 4) is 0 Å². The van der Waals surface area contributed by atoms with Crippen LogP contribution in [-0.2, 0) is 10.4 Å². The van der Waals surface area contributed by atoms with Gasteiger partial charge in [-0.25, -0.2) is 4.79 Å². The zero-order valence-corrected chi connectivity index (χ0v) is 7.47. The summed E-state index contributed by atoms with van der Waals surface area (Å²) in [6.07, 6.45) is 2.84. The predicted molar refractivity (Wildman–Crippen MR) is 41.7 cm³/mol. The summed E-state index contributed by atoms with van der Waals surface area (Å²) in [6, 6.07) is 3.08. The molecule has 0 atom stereocenters. The molecule has 1 N–H and O–H groups in total. The van der Waals surface area contributed by atoms with Gasteiger partial charge in [0.2, 0.25) is 0 Å². The highest BCUT2D eigenvalue weighted by Gasteiger charge is 1.97. The van der Waals surface area contributed by atoms with Crippen molar-refractivity contribution in [1.29, 1.82) is 0 Å². The molecule has 0 aliphatic heterocycles. The molecule has 0 aliphatic carbocycles. The third-order valence-electron chi connectivity index (χ3n) is 0.908. The van der Waals surface area contributed by atoms with Gasteiger partial charge in [-0.1, -0.05) is 0 Å². The standard InChI is InChI=1S/C6H5NO2.H2O4S/c8-6(9)5-2-1-3-7-4-5;1-5(2,3)4/h1-4H,(H,8,9);(H2,1,2,3,4)/p-2. The Morgan fingerprint density at radius 3 is 2.14 bits per heavy atom. The number of hydrogen-bond acceptors (Lipinski definition) is 6. The van der Waals surface area contributed by atoms with Crippen molar-refractivity contribution < 1.29 is 27.4 Å². The second kappa shape index (κ2) is 5.27. The molecule has 0 bridgehead atoms. The van der Waals surface area contributed by atoms with Gasteiger partial charge in [-0.05, 0) is 12.1 Å². The molecule has 78 valence electrons. The average Bonchev–Trinajstić information content (AvgIpc) is 2.03. The summed E-state index contributed by atoms with van der Waals surface area (Å²) >= 11 is 0. The molecular weight excluding hydrogens is 214 g/mol. The Kier molecular flexibility index (Phi) is 4.70. The lowest BCUT2D eigenvalue weighted by molar-refractivity contribution is 0.0696. The van der Waals surface area contributed by atoms with Crippen LogP contribution >= 0.6 is 0 Å². The molecule has 0 spiro atoms. The highest BCUT2D eigenvalue weighted by Crippen LogP contribution is 1.92. The van der Waals surface area contributed by atoms with Crippen LogP contribution < -0.4 is 0 Å². The fourth-order valence-electron chi connectivity index (χ4n) is 0.489. The van der Waals surface area contributed by atoms with Gasteiger partial charge < -0.3 is 14.2 Å². The Balaban J connectivity index is 0.000000292. The van der Waals surface area contributed by atoms with Crippen LogP contribution in [0, 0.1) is 0 Å². The molecule has 0 saturated heterocycles.